The number of carbonyl (C=O) groups is 1. The van der Waals surface area contributed by atoms with Crippen LogP contribution in [0.1, 0.15) is 40.7 Å². The van der Waals surface area contributed by atoms with Crippen molar-refractivity contribution in [2.24, 2.45) is 0 Å². The van der Waals surface area contributed by atoms with Crippen molar-refractivity contribution >= 4 is 5.91 Å². The Hall–Kier alpha value is -2.32. The Morgan fingerprint density at radius 1 is 1.45 bits per heavy atom. The van der Waals surface area contributed by atoms with E-state index < -0.39 is 23.8 Å². The standard InChI is InChI=1S/C11H12F3N5O/c1-5(9-17-6(2)18-19-9)16-10(20)7-3-8(15-4-7)11(12,13)14/h3-5,15H,1-2H3,(H,16,20)(H,17,18,19). The number of nitrogens with zero attached hydrogens (tertiary/aromatic N) is 2. The normalized spacial score (nSPS) is 13.2. The van der Waals surface area contributed by atoms with Gasteiger partial charge in [-0.05, 0) is 19.9 Å². The predicted octanol–water partition coefficient (Wildman–Crippen LogP) is 1.95. The van der Waals surface area contributed by atoms with Gasteiger partial charge < -0.3 is 10.3 Å². The highest BCUT2D eigenvalue weighted by atomic mass is 19.4. The van der Waals surface area contributed by atoms with Crippen molar-refractivity contribution in [1.29, 1.82) is 0 Å². The minimum atomic E-state index is -4.51. The summed E-state index contributed by atoms with van der Waals surface area (Å²) in [5.41, 5.74) is -1.07. The van der Waals surface area contributed by atoms with E-state index in [1.807, 2.05) is 4.98 Å². The van der Waals surface area contributed by atoms with Gasteiger partial charge in [-0.25, -0.2) is 4.98 Å². The molecule has 1 amide bonds. The number of hydrogen-bond acceptors (Lipinski definition) is 3. The first-order chi connectivity index (χ1) is 9.27. The second-order valence-corrected chi connectivity index (χ2v) is 4.27. The van der Waals surface area contributed by atoms with E-state index in [4.69, 9.17) is 0 Å². The fourth-order valence-electron chi connectivity index (χ4n) is 1.59. The van der Waals surface area contributed by atoms with Gasteiger partial charge in [0.15, 0.2) is 5.82 Å². The summed E-state index contributed by atoms with van der Waals surface area (Å²) in [7, 11) is 0. The van der Waals surface area contributed by atoms with Crippen LogP contribution in [0.3, 0.4) is 0 Å². The van der Waals surface area contributed by atoms with Gasteiger partial charge in [-0.1, -0.05) is 0 Å². The Morgan fingerprint density at radius 2 is 2.15 bits per heavy atom. The van der Waals surface area contributed by atoms with Crippen molar-refractivity contribution in [3.05, 3.63) is 35.2 Å². The quantitative estimate of drug-likeness (QED) is 0.806. The average Bonchev–Trinajstić information content (AvgIpc) is 2.95. The molecule has 2 rings (SSSR count). The zero-order valence-corrected chi connectivity index (χ0v) is 10.7. The number of amides is 1. The van der Waals surface area contributed by atoms with Crippen molar-refractivity contribution in [2.45, 2.75) is 26.1 Å². The summed E-state index contributed by atoms with van der Waals surface area (Å²) in [5.74, 6) is 0.316. The number of aromatic nitrogens is 4. The van der Waals surface area contributed by atoms with Crippen LogP contribution in [-0.2, 0) is 6.18 Å². The van der Waals surface area contributed by atoms with Gasteiger partial charge in [0.05, 0.1) is 11.6 Å². The summed E-state index contributed by atoms with van der Waals surface area (Å²) in [6.07, 6.45) is -3.50. The Balaban J connectivity index is 2.07. The van der Waals surface area contributed by atoms with Crippen LogP contribution in [0, 0.1) is 6.92 Å². The van der Waals surface area contributed by atoms with Crippen LogP contribution < -0.4 is 5.32 Å². The molecule has 0 aliphatic heterocycles. The fraction of sp³-hybridized carbons (Fsp3) is 0.364. The van der Waals surface area contributed by atoms with Crippen LogP contribution in [0.5, 0.6) is 0 Å². The van der Waals surface area contributed by atoms with Crippen LogP contribution in [0.4, 0.5) is 13.2 Å². The first kappa shape index (κ1) is 14.1. The molecule has 9 heteroatoms. The van der Waals surface area contributed by atoms with Gasteiger partial charge in [-0.3, -0.25) is 9.89 Å². The molecular formula is C11H12F3N5O. The van der Waals surface area contributed by atoms with E-state index in [0.29, 0.717) is 11.6 Å². The van der Waals surface area contributed by atoms with Crippen LogP contribution in [0.2, 0.25) is 0 Å². The summed E-state index contributed by atoms with van der Waals surface area (Å²) < 4.78 is 37.2. The summed E-state index contributed by atoms with van der Waals surface area (Å²) in [5, 5.41) is 9.01. The largest absolute Gasteiger partial charge is 0.431 e. The fourth-order valence-corrected chi connectivity index (χ4v) is 1.59. The number of rotatable bonds is 3. The van der Waals surface area contributed by atoms with Gasteiger partial charge in [-0.2, -0.15) is 18.3 Å². The zero-order valence-electron chi connectivity index (χ0n) is 10.7. The summed E-state index contributed by atoms with van der Waals surface area (Å²) >= 11 is 0. The lowest BCUT2D eigenvalue weighted by atomic mass is 10.2. The second-order valence-electron chi connectivity index (χ2n) is 4.27. The highest BCUT2D eigenvalue weighted by molar-refractivity contribution is 5.94. The minimum Gasteiger partial charge on any atom is -0.357 e. The molecule has 0 aliphatic rings. The molecule has 3 N–H and O–H groups in total. The van der Waals surface area contributed by atoms with Gasteiger partial charge in [0.2, 0.25) is 0 Å². The van der Waals surface area contributed by atoms with Crippen LogP contribution >= 0.6 is 0 Å². The van der Waals surface area contributed by atoms with Gasteiger partial charge in [-0.15, -0.1) is 0 Å². The summed E-state index contributed by atoms with van der Waals surface area (Å²) in [6.45, 7) is 3.34. The van der Waals surface area contributed by atoms with E-state index in [0.717, 1.165) is 12.3 Å². The van der Waals surface area contributed by atoms with E-state index in [1.165, 1.54) is 0 Å². The number of H-pyrrole nitrogens is 2. The molecule has 2 aromatic rings. The van der Waals surface area contributed by atoms with Crippen molar-refractivity contribution in [3.63, 3.8) is 0 Å². The van der Waals surface area contributed by atoms with Crippen LogP contribution in [0.15, 0.2) is 12.3 Å². The van der Waals surface area contributed by atoms with Crippen LogP contribution in [-0.4, -0.2) is 26.1 Å². The van der Waals surface area contributed by atoms with Crippen molar-refractivity contribution in [1.82, 2.24) is 25.5 Å². The lowest BCUT2D eigenvalue weighted by Gasteiger charge is -2.09. The number of aromatic amines is 2. The maximum absolute atomic E-state index is 12.4. The minimum absolute atomic E-state index is 0.101. The predicted molar refractivity (Wildman–Crippen MR) is 62.8 cm³/mol. The first-order valence-electron chi connectivity index (χ1n) is 5.72. The Morgan fingerprint density at radius 3 is 2.65 bits per heavy atom. The molecule has 0 spiro atoms. The third-order valence-electron chi connectivity index (χ3n) is 2.60. The Bertz CT molecular complexity index is 616. The number of hydrogen-bond donors (Lipinski definition) is 3. The lowest BCUT2D eigenvalue weighted by Crippen LogP contribution is -2.27. The number of nitrogens with one attached hydrogen (secondary N) is 3. The topological polar surface area (TPSA) is 86.5 Å². The lowest BCUT2D eigenvalue weighted by molar-refractivity contribution is -0.140. The van der Waals surface area contributed by atoms with Crippen molar-refractivity contribution in [3.8, 4) is 0 Å². The highest BCUT2D eigenvalue weighted by Gasteiger charge is 2.33. The molecule has 6 nitrogen and oxygen atoms in total. The van der Waals surface area contributed by atoms with Crippen molar-refractivity contribution in [2.75, 3.05) is 0 Å². The Labute approximate surface area is 111 Å². The number of alkyl halides is 3. The van der Waals surface area contributed by atoms with Gasteiger partial charge in [0.1, 0.15) is 11.5 Å². The van der Waals surface area contributed by atoms with Crippen molar-refractivity contribution < 1.29 is 18.0 Å². The molecular weight excluding hydrogens is 275 g/mol. The molecule has 0 fully saturated rings. The average molecular weight is 287 g/mol. The third-order valence-corrected chi connectivity index (χ3v) is 2.60. The molecule has 0 radical (unpaired) electrons. The molecule has 0 bridgehead atoms. The summed E-state index contributed by atoms with van der Waals surface area (Å²) in [4.78, 5) is 17.9. The monoisotopic (exact) mass is 287 g/mol. The molecule has 2 aromatic heterocycles. The molecule has 2 heterocycles. The number of halogens is 3. The molecule has 108 valence electrons. The number of aryl methyl sites for hydroxylation is 1. The maximum Gasteiger partial charge on any atom is 0.431 e. The number of carbonyl (C=O) groups excluding carboxylic acids is 1. The summed E-state index contributed by atoms with van der Waals surface area (Å²) in [6, 6.07) is 0.238. The second kappa shape index (κ2) is 4.99. The van der Waals surface area contributed by atoms with Gasteiger partial charge >= 0.3 is 6.18 Å². The zero-order chi connectivity index (χ0) is 14.9. The van der Waals surface area contributed by atoms with E-state index in [9.17, 15) is 18.0 Å². The van der Waals surface area contributed by atoms with Gasteiger partial charge in [0, 0.05) is 6.20 Å². The maximum atomic E-state index is 12.4. The smallest absolute Gasteiger partial charge is 0.357 e. The molecule has 20 heavy (non-hydrogen) atoms. The molecule has 1 atom stereocenters. The van der Waals surface area contributed by atoms with Gasteiger partial charge in [0.25, 0.3) is 5.91 Å². The molecule has 1 unspecified atom stereocenters. The Kier molecular flexibility index (Phi) is 3.51. The first-order valence-corrected chi connectivity index (χ1v) is 5.72. The van der Waals surface area contributed by atoms with E-state index in [-0.39, 0.29) is 5.56 Å². The molecule has 0 saturated heterocycles. The van der Waals surface area contributed by atoms with E-state index in [2.05, 4.69) is 20.5 Å². The van der Waals surface area contributed by atoms with Crippen LogP contribution in [0.25, 0.3) is 0 Å². The van der Waals surface area contributed by atoms with E-state index >= 15 is 0 Å². The molecule has 0 aromatic carbocycles. The molecule has 0 aliphatic carbocycles. The SMILES string of the molecule is Cc1nc(C(C)NC(=O)c2c[nH]c(C(F)(F)F)c2)n[nH]1. The third kappa shape index (κ3) is 2.98. The van der Waals surface area contributed by atoms with E-state index in [1.54, 1.807) is 13.8 Å². The highest BCUT2D eigenvalue weighted by Crippen LogP contribution is 2.28. The molecule has 0 saturated carbocycles.